The van der Waals surface area contributed by atoms with Crippen molar-refractivity contribution >= 4 is 5.91 Å². The van der Waals surface area contributed by atoms with E-state index in [2.05, 4.69) is 4.90 Å². The third-order valence-electron chi connectivity index (χ3n) is 5.23. The summed E-state index contributed by atoms with van der Waals surface area (Å²) in [6.07, 6.45) is 4.51. The predicted octanol–water partition coefficient (Wildman–Crippen LogP) is 1.95. The van der Waals surface area contributed by atoms with Crippen molar-refractivity contribution in [1.82, 2.24) is 9.80 Å². The highest BCUT2D eigenvalue weighted by atomic mass is 16.5. The van der Waals surface area contributed by atoms with Gasteiger partial charge in [0.15, 0.2) is 0 Å². The maximum Gasteiger partial charge on any atom is 0.253 e. The third-order valence-corrected chi connectivity index (χ3v) is 5.23. The van der Waals surface area contributed by atoms with Gasteiger partial charge < -0.3 is 19.3 Å². The maximum absolute atomic E-state index is 13.0. The molecular weight excluding hydrogens is 304 g/mol. The number of benzene rings is 1. The molecule has 0 spiro atoms. The molecule has 130 valence electrons. The zero-order valence-corrected chi connectivity index (χ0v) is 14.2. The lowest BCUT2D eigenvalue weighted by atomic mass is 10.1. The number of fused-ring (bicyclic) bond motifs is 1. The van der Waals surface area contributed by atoms with Gasteiger partial charge in [-0.15, -0.1) is 0 Å². The summed E-state index contributed by atoms with van der Waals surface area (Å²) in [7, 11) is 0. The number of hydrogen-bond acceptors (Lipinski definition) is 4. The van der Waals surface area contributed by atoms with Crippen LogP contribution >= 0.6 is 0 Å². The summed E-state index contributed by atoms with van der Waals surface area (Å²) in [5.74, 6) is 1.05. The van der Waals surface area contributed by atoms with Crippen molar-refractivity contribution in [2.75, 3.05) is 45.9 Å². The standard InChI is InChI=1S/C19H26N2O3/c22-19(16-4-5-18-15(12-16)6-11-24-18)21-9-3-10-23-17(14-21)13-20-7-1-2-8-20/h4-5,12,17H,1-3,6-11,13-14H2/t17-/m1/s1. The Balaban J connectivity index is 1.44. The zero-order chi connectivity index (χ0) is 16.4. The molecule has 1 aromatic rings. The first kappa shape index (κ1) is 15.9. The van der Waals surface area contributed by atoms with Crippen molar-refractivity contribution in [3.8, 4) is 5.75 Å². The van der Waals surface area contributed by atoms with Gasteiger partial charge in [0.1, 0.15) is 5.75 Å². The molecule has 3 aliphatic heterocycles. The van der Waals surface area contributed by atoms with E-state index in [0.29, 0.717) is 6.54 Å². The van der Waals surface area contributed by atoms with Gasteiger partial charge in [0.25, 0.3) is 5.91 Å². The number of likely N-dealkylation sites (tertiary alicyclic amines) is 1. The quantitative estimate of drug-likeness (QED) is 0.849. The highest BCUT2D eigenvalue weighted by Crippen LogP contribution is 2.26. The SMILES string of the molecule is O=C(c1ccc2c(c1)CCO2)N1CCCO[C@H](CN2CCCC2)C1. The van der Waals surface area contributed by atoms with E-state index in [-0.39, 0.29) is 12.0 Å². The molecule has 1 amide bonds. The maximum atomic E-state index is 13.0. The molecule has 0 N–H and O–H groups in total. The number of hydrogen-bond donors (Lipinski definition) is 0. The smallest absolute Gasteiger partial charge is 0.253 e. The Bertz CT molecular complexity index is 598. The van der Waals surface area contributed by atoms with Crippen molar-refractivity contribution in [3.05, 3.63) is 29.3 Å². The first-order valence-electron chi connectivity index (χ1n) is 9.18. The minimum absolute atomic E-state index is 0.127. The van der Waals surface area contributed by atoms with E-state index in [1.54, 1.807) is 0 Å². The molecule has 2 saturated heterocycles. The largest absolute Gasteiger partial charge is 0.493 e. The van der Waals surface area contributed by atoms with Crippen LogP contribution in [0.3, 0.4) is 0 Å². The fourth-order valence-corrected chi connectivity index (χ4v) is 3.95. The molecule has 3 aliphatic rings. The van der Waals surface area contributed by atoms with E-state index in [9.17, 15) is 4.79 Å². The molecule has 5 heteroatoms. The van der Waals surface area contributed by atoms with Gasteiger partial charge >= 0.3 is 0 Å². The summed E-state index contributed by atoms with van der Waals surface area (Å²) in [6, 6.07) is 5.84. The number of carbonyl (C=O) groups is 1. The second-order valence-electron chi connectivity index (χ2n) is 7.03. The van der Waals surface area contributed by atoms with Crippen LogP contribution in [-0.2, 0) is 11.2 Å². The molecule has 4 rings (SSSR count). The highest BCUT2D eigenvalue weighted by molar-refractivity contribution is 5.94. The van der Waals surface area contributed by atoms with Gasteiger partial charge in [-0.25, -0.2) is 0 Å². The van der Waals surface area contributed by atoms with Gasteiger partial charge in [-0.2, -0.15) is 0 Å². The van der Waals surface area contributed by atoms with Crippen molar-refractivity contribution < 1.29 is 14.3 Å². The second-order valence-corrected chi connectivity index (χ2v) is 7.03. The van der Waals surface area contributed by atoms with Crippen LogP contribution in [0.5, 0.6) is 5.75 Å². The minimum atomic E-state index is 0.127. The normalized spacial score (nSPS) is 24.5. The Morgan fingerprint density at radius 2 is 2.00 bits per heavy atom. The van der Waals surface area contributed by atoms with E-state index in [1.165, 1.54) is 25.9 Å². The van der Waals surface area contributed by atoms with Gasteiger partial charge in [0.2, 0.25) is 0 Å². The van der Waals surface area contributed by atoms with Crippen molar-refractivity contribution in [2.24, 2.45) is 0 Å². The number of ether oxygens (including phenoxy) is 2. The van der Waals surface area contributed by atoms with Crippen molar-refractivity contribution in [3.63, 3.8) is 0 Å². The molecule has 0 unspecified atom stereocenters. The summed E-state index contributed by atoms with van der Waals surface area (Å²) in [4.78, 5) is 17.4. The number of nitrogens with zero attached hydrogens (tertiary/aromatic N) is 2. The Labute approximate surface area is 143 Å². The summed E-state index contributed by atoms with van der Waals surface area (Å²) in [6.45, 7) is 6.23. The molecule has 0 radical (unpaired) electrons. The molecule has 0 aromatic heterocycles. The van der Waals surface area contributed by atoms with E-state index in [4.69, 9.17) is 9.47 Å². The van der Waals surface area contributed by atoms with E-state index in [1.807, 2.05) is 23.1 Å². The van der Waals surface area contributed by atoms with Gasteiger partial charge in [0.05, 0.1) is 12.7 Å². The van der Waals surface area contributed by atoms with Crippen LogP contribution in [0, 0.1) is 0 Å². The lowest BCUT2D eigenvalue weighted by Gasteiger charge is -2.27. The zero-order valence-electron chi connectivity index (χ0n) is 14.2. The molecular formula is C19H26N2O3. The molecule has 1 aromatic carbocycles. The third kappa shape index (κ3) is 3.42. The lowest BCUT2D eigenvalue weighted by molar-refractivity contribution is 0.0297. The molecule has 2 fully saturated rings. The molecule has 0 saturated carbocycles. The molecule has 3 heterocycles. The Hall–Kier alpha value is -1.59. The van der Waals surface area contributed by atoms with Crippen LogP contribution in [0.25, 0.3) is 0 Å². The van der Waals surface area contributed by atoms with Crippen LogP contribution in [-0.4, -0.2) is 67.7 Å². The topological polar surface area (TPSA) is 42.0 Å². The first-order valence-corrected chi connectivity index (χ1v) is 9.18. The van der Waals surface area contributed by atoms with Gasteiger partial charge in [-0.3, -0.25) is 4.79 Å². The van der Waals surface area contributed by atoms with Gasteiger partial charge in [0, 0.05) is 38.2 Å². The summed E-state index contributed by atoms with van der Waals surface area (Å²) in [5.41, 5.74) is 1.93. The van der Waals surface area contributed by atoms with Crippen molar-refractivity contribution in [2.45, 2.75) is 31.8 Å². The van der Waals surface area contributed by atoms with E-state index >= 15 is 0 Å². The van der Waals surface area contributed by atoms with E-state index in [0.717, 1.165) is 56.0 Å². The van der Waals surface area contributed by atoms with Crippen LogP contribution in [0.15, 0.2) is 18.2 Å². The molecule has 1 atom stereocenters. The number of rotatable bonds is 3. The Kier molecular flexibility index (Phi) is 4.72. The summed E-state index contributed by atoms with van der Waals surface area (Å²) < 4.78 is 11.5. The monoisotopic (exact) mass is 330 g/mol. The van der Waals surface area contributed by atoms with Crippen molar-refractivity contribution in [1.29, 1.82) is 0 Å². The molecule has 0 aliphatic carbocycles. The first-order chi connectivity index (χ1) is 11.8. The Morgan fingerprint density at radius 1 is 1.12 bits per heavy atom. The molecule has 0 bridgehead atoms. The lowest BCUT2D eigenvalue weighted by Crippen LogP contribution is -2.41. The van der Waals surface area contributed by atoms with Crippen LogP contribution < -0.4 is 4.74 Å². The number of amides is 1. The average Bonchev–Trinajstić information content (AvgIpc) is 3.22. The second kappa shape index (κ2) is 7.11. The van der Waals surface area contributed by atoms with Gasteiger partial charge in [-0.05, 0) is 56.1 Å². The fraction of sp³-hybridized carbons (Fsp3) is 0.632. The molecule has 5 nitrogen and oxygen atoms in total. The predicted molar refractivity (Wildman–Crippen MR) is 91.6 cm³/mol. The van der Waals surface area contributed by atoms with Gasteiger partial charge in [-0.1, -0.05) is 0 Å². The fourth-order valence-electron chi connectivity index (χ4n) is 3.95. The summed E-state index contributed by atoms with van der Waals surface area (Å²) >= 11 is 0. The summed E-state index contributed by atoms with van der Waals surface area (Å²) in [5, 5.41) is 0. The molecule has 24 heavy (non-hydrogen) atoms. The van der Waals surface area contributed by atoms with Crippen LogP contribution in [0.2, 0.25) is 0 Å². The number of carbonyl (C=O) groups excluding carboxylic acids is 1. The Morgan fingerprint density at radius 3 is 2.88 bits per heavy atom. The highest BCUT2D eigenvalue weighted by Gasteiger charge is 2.26. The van der Waals surface area contributed by atoms with Crippen LogP contribution in [0.1, 0.15) is 35.2 Å². The minimum Gasteiger partial charge on any atom is -0.493 e. The average molecular weight is 330 g/mol. The van der Waals surface area contributed by atoms with E-state index < -0.39 is 0 Å². The van der Waals surface area contributed by atoms with Crippen LogP contribution in [0.4, 0.5) is 0 Å².